The predicted octanol–water partition coefficient (Wildman–Crippen LogP) is 3.07. The Kier molecular flexibility index (Phi) is 7.95. The zero-order chi connectivity index (χ0) is 19.8. The largest absolute Gasteiger partial charge is 0.491 e. The number of pyridine rings is 1. The minimum atomic E-state index is -0.119. The molecule has 2 aliphatic rings. The maximum Gasteiger partial charge on any atom is 0.240 e. The Morgan fingerprint density at radius 3 is 2.39 bits per heavy atom. The fourth-order valence-electron chi connectivity index (χ4n) is 4.41. The van der Waals surface area contributed by atoms with Gasteiger partial charge in [-0.15, -0.1) is 0 Å². The second-order valence-electron chi connectivity index (χ2n) is 8.27. The van der Waals surface area contributed by atoms with Crippen LogP contribution in [0.2, 0.25) is 0 Å². The van der Waals surface area contributed by atoms with Crippen molar-refractivity contribution in [1.29, 1.82) is 0 Å². The van der Waals surface area contributed by atoms with Crippen LogP contribution >= 0.6 is 0 Å². The standard InChI is InChI=1S/C22H35N3O3/c1-28-21-16-25(17-22(27)23-18-10-6-3-2-4-7-11-18)19(14-20(21)26)15-24-12-8-5-9-13-24/h14,16,18H,2-13,15,17H2,1H3,(H,23,27). The van der Waals surface area contributed by atoms with Crippen LogP contribution in [0.3, 0.4) is 0 Å². The topological polar surface area (TPSA) is 63.6 Å². The highest BCUT2D eigenvalue weighted by atomic mass is 16.5. The summed E-state index contributed by atoms with van der Waals surface area (Å²) in [6, 6.07) is 1.91. The molecule has 1 saturated carbocycles. The van der Waals surface area contributed by atoms with Crippen LogP contribution in [0, 0.1) is 0 Å². The van der Waals surface area contributed by atoms with Crippen molar-refractivity contribution in [2.24, 2.45) is 0 Å². The van der Waals surface area contributed by atoms with Gasteiger partial charge in [0, 0.05) is 24.3 Å². The van der Waals surface area contributed by atoms with Gasteiger partial charge in [0.05, 0.1) is 13.3 Å². The quantitative estimate of drug-likeness (QED) is 0.812. The molecule has 0 atom stereocenters. The lowest BCUT2D eigenvalue weighted by Crippen LogP contribution is -2.38. The van der Waals surface area contributed by atoms with Crippen LogP contribution in [-0.4, -0.2) is 41.6 Å². The Balaban J connectivity index is 1.69. The summed E-state index contributed by atoms with van der Waals surface area (Å²) < 4.78 is 7.11. The number of carbonyl (C=O) groups excluding carboxylic acids is 1. The van der Waals surface area contributed by atoms with Gasteiger partial charge in [-0.25, -0.2) is 0 Å². The van der Waals surface area contributed by atoms with Crippen LogP contribution in [0.15, 0.2) is 17.1 Å². The Bertz CT molecular complexity index is 687. The van der Waals surface area contributed by atoms with Gasteiger partial charge in [0.2, 0.25) is 11.3 Å². The molecule has 0 bridgehead atoms. The van der Waals surface area contributed by atoms with E-state index < -0.39 is 0 Å². The van der Waals surface area contributed by atoms with Crippen molar-refractivity contribution in [2.45, 2.75) is 83.3 Å². The normalized spacial score (nSPS) is 19.6. The van der Waals surface area contributed by atoms with Crippen molar-refractivity contribution in [3.63, 3.8) is 0 Å². The van der Waals surface area contributed by atoms with Gasteiger partial charge in [-0.2, -0.15) is 0 Å². The SMILES string of the molecule is COc1cn(CC(=O)NC2CCCCCCC2)c(CN2CCCCC2)cc1=O. The molecule has 156 valence electrons. The third kappa shape index (κ3) is 6.09. The van der Waals surface area contributed by atoms with Crippen molar-refractivity contribution in [1.82, 2.24) is 14.8 Å². The number of nitrogens with zero attached hydrogens (tertiary/aromatic N) is 2. The summed E-state index contributed by atoms with van der Waals surface area (Å²) in [7, 11) is 1.50. The smallest absolute Gasteiger partial charge is 0.240 e. The molecule has 1 aliphatic heterocycles. The van der Waals surface area contributed by atoms with Crippen molar-refractivity contribution in [3.8, 4) is 5.75 Å². The molecule has 6 heteroatoms. The van der Waals surface area contributed by atoms with E-state index in [1.165, 1.54) is 58.5 Å². The van der Waals surface area contributed by atoms with Crippen LogP contribution in [0.5, 0.6) is 5.75 Å². The van der Waals surface area contributed by atoms with Gasteiger partial charge in [-0.1, -0.05) is 38.5 Å². The van der Waals surface area contributed by atoms with Gasteiger partial charge in [0.15, 0.2) is 5.75 Å². The molecular weight excluding hydrogens is 354 g/mol. The summed E-state index contributed by atoms with van der Waals surface area (Å²) >= 11 is 0. The molecule has 1 aromatic rings. The van der Waals surface area contributed by atoms with Gasteiger partial charge < -0.3 is 14.6 Å². The van der Waals surface area contributed by atoms with Gasteiger partial charge in [-0.3, -0.25) is 14.5 Å². The molecule has 2 heterocycles. The molecule has 0 spiro atoms. The highest BCUT2D eigenvalue weighted by Crippen LogP contribution is 2.18. The number of ether oxygens (including phenoxy) is 1. The number of likely N-dealkylation sites (tertiary alicyclic amines) is 1. The molecule has 6 nitrogen and oxygen atoms in total. The van der Waals surface area contributed by atoms with Crippen LogP contribution in [0.1, 0.15) is 69.9 Å². The Morgan fingerprint density at radius 1 is 1.07 bits per heavy atom. The van der Waals surface area contributed by atoms with Crippen molar-refractivity contribution < 1.29 is 9.53 Å². The highest BCUT2D eigenvalue weighted by molar-refractivity contribution is 5.76. The molecule has 0 radical (unpaired) electrons. The summed E-state index contributed by atoms with van der Waals surface area (Å²) in [4.78, 5) is 27.4. The maximum atomic E-state index is 12.7. The van der Waals surface area contributed by atoms with Crippen LogP contribution in [-0.2, 0) is 17.9 Å². The number of hydrogen-bond donors (Lipinski definition) is 1. The lowest BCUT2D eigenvalue weighted by Gasteiger charge is -2.28. The van der Waals surface area contributed by atoms with E-state index in [1.807, 2.05) is 4.57 Å². The van der Waals surface area contributed by atoms with Crippen LogP contribution in [0.4, 0.5) is 0 Å². The number of hydrogen-bond acceptors (Lipinski definition) is 4. The predicted molar refractivity (Wildman–Crippen MR) is 111 cm³/mol. The average Bonchev–Trinajstić information content (AvgIpc) is 2.66. The third-order valence-electron chi connectivity index (χ3n) is 6.02. The van der Waals surface area contributed by atoms with E-state index in [0.29, 0.717) is 12.3 Å². The van der Waals surface area contributed by atoms with E-state index in [1.54, 1.807) is 12.3 Å². The minimum absolute atomic E-state index is 0.0242. The van der Waals surface area contributed by atoms with E-state index in [0.717, 1.165) is 31.6 Å². The molecule has 1 aliphatic carbocycles. The fraction of sp³-hybridized carbons (Fsp3) is 0.727. The lowest BCUT2D eigenvalue weighted by molar-refractivity contribution is -0.122. The average molecular weight is 390 g/mol. The van der Waals surface area contributed by atoms with Gasteiger partial charge in [0.1, 0.15) is 6.54 Å². The van der Waals surface area contributed by atoms with Crippen LogP contribution < -0.4 is 15.5 Å². The number of aromatic nitrogens is 1. The van der Waals surface area contributed by atoms with Gasteiger partial charge in [-0.05, 0) is 38.8 Å². The van der Waals surface area contributed by atoms with Gasteiger partial charge in [0.25, 0.3) is 0 Å². The maximum absolute atomic E-state index is 12.7. The zero-order valence-electron chi connectivity index (χ0n) is 17.3. The number of carbonyl (C=O) groups is 1. The third-order valence-corrected chi connectivity index (χ3v) is 6.02. The first-order chi connectivity index (χ1) is 13.7. The molecule has 0 aromatic carbocycles. The number of nitrogens with one attached hydrogen (secondary N) is 1. The molecule has 28 heavy (non-hydrogen) atoms. The summed E-state index contributed by atoms with van der Waals surface area (Å²) in [6.07, 6.45) is 13.7. The van der Waals surface area contributed by atoms with Crippen molar-refractivity contribution in [3.05, 3.63) is 28.2 Å². The summed E-state index contributed by atoms with van der Waals surface area (Å²) in [5, 5.41) is 3.23. The van der Waals surface area contributed by atoms with Gasteiger partial charge >= 0.3 is 0 Å². The molecule has 1 amide bonds. The summed E-state index contributed by atoms with van der Waals surface area (Å²) in [5.41, 5.74) is 0.770. The number of piperidine rings is 1. The van der Waals surface area contributed by atoms with Crippen molar-refractivity contribution in [2.75, 3.05) is 20.2 Å². The first-order valence-corrected chi connectivity index (χ1v) is 10.9. The van der Waals surface area contributed by atoms with E-state index in [9.17, 15) is 9.59 Å². The summed E-state index contributed by atoms with van der Waals surface area (Å²) in [6.45, 7) is 3.04. The minimum Gasteiger partial charge on any atom is -0.491 e. The molecule has 0 unspecified atom stereocenters. The lowest BCUT2D eigenvalue weighted by atomic mass is 9.97. The molecule has 3 rings (SSSR count). The Hall–Kier alpha value is -1.82. The Morgan fingerprint density at radius 2 is 1.71 bits per heavy atom. The number of amides is 1. The van der Waals surface area contributed by atoms with E-state index in [2.05, 4.69) is 10.2 Å². The van der Waals surface area contributed by atoms with E-state index in [-0.39, 0.29) is 23.9 Å². The molecule has 1 saturated heterocycles. The number of rotatable bonds is 6. The summed E-state index contributed by atoms with van der Waals surface area (Å²) in [5.74, 6) is 0.317. The second-order valence-corrected chi connectivity index (χ2v) is 8.27. The van der Waals surface area contributed by atoms with Crippen LogP contribution in [0.25, 0.3) is 0 Å². The fourth-order valence-corrected chi connectivity index (χ4v) is 4.41. The highest BCUT2D eigenvalue weighted by Gasteiger charge is 2.18. The second kappa shape index (κ2) is 10.6. The van der Waals surface area contributed by atoms with E-state index in [4.69, 9.17) is 4.74 Å². The zero-order valence-corrected chi connectivity index (χ0v) is 17.3. The Labute approximate surface area is 168 Å². The first-order valence-electron chi connectivity index (χ1n) is 10.9. The van der Waals surface area contributed by atoms with Crippen molar-refractivity contribution >= 4 is 5.91 Å². The molecule has 1 aromatic heterocycles. The van der Waals surface area contributed by atoms with E-state index >= 15 is 0 Å². The molecule has 2 fully saturated rings. The monoisotopic (exact) mass is 389 g/mol. The first kappa shape index (κ1) is 20.9. The molecular formula is C22H35N3O3. The molecule has 1 N–H and O–H groups in total. The number of methoxy groups -OCH3 is 1.